The molecule has 1 aliphatic rings. The van der Waals surface area contributed by atoms with Gasteiger partial charge in [0.05, 0.1) is 13.0 Å². The van der Waals surface area contributed by atoms with Gasteiger partial charge >= 0.3 is 12.0 Å². The summed E-state index contributed by atoms with van der Waals surface area (Å²) in [5, 5.41) is 21.9. The van der Waals surface area contributed by atoms with Crippen molar-refractivity contribution >= 4 is 17.9 Å². The van der Waals surface area contributed by atoms with Gasteiger partial charge in [0.1, 0.15) is 0 Å². The minimum atomic E-state index is -0.887. The van der Waals surface area contributed by atoms with Crippen LogP contribution in [-0.4, -0.2) is 55.3 Å². The number of nitrogens with zero attached hydrogens (tertiary/aromatic N) is 5. The van der Waals surface area contributed by atoms with E-state index in [1.807, 2.05) is 0 Å². The number of carbonyl (C=O) groups excluding carboxylic acids is 1. The van der Waals surface area contributed by atoms with E-state index in [0.29, 0.717) is 0 Å². The van der Waals surface area contributed by atoms with E-state index in [1.54, 1.807) is 7.05 Å². The lowest BCUT2D eigenvalue weighted by atomic mass is 10.0. The third-order valence-corrected chi connectivity index (χ3v) is 2.25. The fourth-order valence-electron chi connectivity index (χ4n) is 1.31. The van der Waals surface area contributed by atoms with Gasteiger partial charge in [-0.1, -0.05) is 5.10 Å². The minimum Gasteiger partial charge on any atom is -0.481 e. The average molecular weight is 226 g/mol. The molecular weight excluding hydrogens is 216 g/mol. The number of carbonyl (C=O) groups is 2. The Morgan fingerprint density at radius 2 is 2.19 bits per heavy atom. The van der Waals surface area contributed by atoms with Gasteiger partial charge in [0.25, 0.3) is 5.95 Å². The number of rotatable bonds is 2. The molecule has 0 radical (unpaired) electrons. The lowest BCUT2D eigenvalue weighted by molar-refractivity contribution is -0.145. The van der Waals surface area contributed by atoms with E-state index in [0.717, 1.165) is 0 Å². The van der Waals surface area contributed by atoms with Gasteiger partial charge in [0, 0.05) is 13.1 Å². The van der Waals surface area contributed by atoms with E-state index < -0.39 is 17.9 Å². The summed E-state index contributed by atoms with van der Waals surface area (Å²) in [5.74, 6) is -1.26. The minimum absolute atomic E-state index is 0.103. The molecule has 0 atom stereocenters. The predicted molar refractivity (Wildman–Crippen MR) is 50.5 cm³/mol. The largest absolute Gasteiger partial charge is 0.481 e. The van der Waals surface area contributed by atoms with Crippen LogP contribution < -0.4 is 5.32 Å². The van der Waals surface area contributed by atoms with Crippen LogP contribution in [0.5, 0.6) is 0 Å². The van der Waals surface area contributed by atoms with Gasteiger partial charge < -0.3 is 10.0 Å². The first-order valence-electron chi connectivity index (χ1n) is 4.59. The van der Waals surface area contributed by atoms with Gasteiger partial charge in [-0.25, -0.2) is 4.79 Å². The molecule has 1 aromatic rings. The van der Waals surface area contributed by atoms with Crippen molar-refractivity contribution in [3.05, 3.63) is 0 Å². The van der Waals surface area contributed by atoms with Crippen LogP contribution in [0.4, 0.5) is 10.7 Å². The van der Waals surface area contributed by atoms with Gasteiger partial charge in [0.2, 0.25) is 0 Å². The molecule has 86 valence electrons. The molecule has 0 spiro atoms. The molecule has 9 heteroatoms. The summed E-state index contributed by atoms with van der Waals surface area (Å²) in [6.45, 7) is 0.420. The van der Waals surface area contributed by atoms with Crippen molar-refractivity contribution in [2.75, 3.05) is 18.4 Å². The van der Waals surface area contributed by atoms with Crippen LogP contribution in [-0.2, 0) is 11.8 Å². The molecule has 2 amide bonds. The van der Waals surface area contributed by atoms with E-state index in [4.69, 9.17) is 5.11 Å². The summed E-state index contributed by atoms with van der Waals surface area (Å²) in [7, 11) is 1.58. The SMILES string of the molecule is Cn1nnc(NC(=O)N2CC(C(=O)O)C2)n1. The third-order valence-electron chi connectivity index (χ3n) is 2.25. The molecule has 2 N–H and O–H groups in total. The maximum Gasteiger partial charge on any atom is 0.324 e. The highest BCUT2D eigenvalue weighted by molar-refractivity contribution is 5.89. The van der Waals surface area contributed by atoms with Crippen LogP contribution in [0.1, 0.15) is 0 Å². The highest BCUT2D eigenvalue weighted by Crippen LogP contribution is 2.16. The number of urea groups is 1. The fraction of sp³-hybridized carbons (Fsp3) is 0.571. The van der Waals surface area contributed by atoms with E-state index in [-0.39, 0.29) is 19.0 Å². The summed E-state index contributed by atoms with van der Waals surface area (Å²) in [6, 6.07) is -0.412. The number of amides is 2. The Balaban J connectivity index is 1.84. The number of tetrazole rings is 1. The Morgan fingerprint density at radius 3 is 2.69 bits per heavy atom. The second-order valence-corrected chi connectivity index (χ2v) is 3.47. The Hall–Kier alpha value is -2.19. The zero-order valence-corrected chi connectivity index (χ0v) is 8.49. The maximum absolute atomic E-state index is 11.5. The fourth-order valence-corrected chi connectivity index (χ4v) is 1.31. The van der Waals surface area contributed by atoms with Gasteiger partial charge in [-0.2, -0.15) is 4.80 Å². The number of carboxylic acids is 1. The van der Waals surface area contributed by atoms with E-state index in [2.05, 4.69) is 20.7 Å². The number of likely N-dealkylation sites (tertiary alicyclic amines) is 1. The molecular formula is C7H10N6O3. The zero-order chi connectivity index (χ0) is 11.7. The number of anilines is 1. The number of carboxylic acid groups (broad SMARTS) is 1. The van der Waals surface area contributed by atoms with Crippen molar-refractivity contribution < 1.29 is 14.7 Å². The summed E-state index contributed by atoms with van der Waals surface area (Å²) in [5.41, 5.74) is 0. The Morgan fingerprint density at radius 1 is 1.50 bits per heavy atom. The van der Waals surface area contributed by atoms with Crippen molar-refractivity contribution in [1.29, 1.82) is 0 Å². The highest BCUT2D eigenvalue weighted by Gasteiger charge is 2.35. The van der Waals surface area contributed by atoms with Crippen LogP contribution in [0, 0.1) is 5.92 Å². The standard InChI is InChI=1S/C7H10N6O3/c1-12-10-6(9-11-12)8-7(16)13-2-4(3-13)5(14)15/h4H,2-3H2,1H3,(H,14,15)(H,8,10,16). The Kier molecular flexibility index (Phi) is 2.43. The van der Waals surface area contributed by atoms with Crippen LogP contribution in [0.3, 0.4) is 0 Å². The number of hydrogen-bond donors (Lipinski definition) is 2. The summed E-state index contributed by atoms with van der Waals surface area (Å²) < 4.78 is 0. The summed E-state index contributed by atoms with van der Waals surface area (Å²) in [6.07, 6.45) is 0. The van der Waals surface area contributed by atoms with Crippen LogP contribution in [0.2, 0.25) is 0 Å². The van der Waals surface area contributed by atoms with Gasteiger partial charge in [0.15, 0.2) is 0 Å². The van der Waals surface area contributed by atoms with Crippen molar-refractivity contribution in [1.82, 2.24) is 25.1 Å². The Labute approximate surface area is 90.0 Å². The second-order valence-electron chi connectivity index (χ2n) is 3.47. The molecule has 1 saturated heterocycles. The maximum atomic E-state index is 11.5. The molecule has 2 rings (SSSR count). The van der Waals surface area contributed by atoms with Crippen molar-refractivity contribution in [2.45, 2.75) is 0 Å². The Bertz CT molecular complexity index is 424. The second kappa shape index (κ2) is 3.76. The zero-order valence-electron chi connectivity index (χ0n) is 8.49. The quantitative estimate of drug-likeness (QED) is 0.652. The predicted octanol–water partition coefficient (Wildman–Crippen LogP) is -1.24. The molecule has 16 heavy (non-hydrogen) atoms. The first-order valence-corrected chi connectivity index (χ1v) is 4.59. The van der Waals surface area contributed by atoms with Crippen LogP contribution >= 0.6 is 0 Å². The van der Waals surface area contributed by atoms with Gasteiger partial charge in [-0.15, -0.1) is 5.10 Å². The summed E-state index contributed by atoms with van der Waals surface area (Å²) in [4.78, 5) is 24.6. The normalized spacial score (nSPS) is 15.7. The van der Waals surface area contributed by atoms with Crippen molar-refractivity contribution in [3.63, 3.8) is 0 Å². The molecule has 1 aromatic heterocycles. The van der Waals surface area contributed by atoms with Crippen molar-refractivity contribution in [3.8, 4) is 0 Å². The van der Waals surface area contributed by atoms with Gasteiger partial charge in [-0.05, 0) is 5.21 Å². The first-order chi connectivity index (χ1) is 7.56. The number of aryl methyl sites for hydroxylation is 1. The molecule has 0 aliphatic carbocycles. The van der Waals surface area contributed by atoms with Crippen molar-refractivity contribution in [2.24, 2.45) is 13.0 Å². The lowest BCUT2D eigenvalue weighted by Gasteiger charge is -2.35. The number of aromatic nitrogens is 4. The third kappa shape index (κ3) is 1.92. The molecule has 0 unspecified atom stereocenters. The van der Waals surface area contributed by atoms with Crippen LogP contribution in [0.25, 0.3) is 0 Å². The lowest BCUT2D eigenvalue weighted by Crippen LogP contribution is -2.54. The topological polar surface area (TPSA) is 113 Å². The average Bonchev–Trinajstić information content (AvgIpc) is 2.47. The molecule has 2 heterocycles. The molecule has 0 bridgehead atoms. The van der Waals surface area contributed by atoms with E-state index in [9.17, 15) is 9.59 Å². The van der Waals surface area contributed by atoms with Gasteiger partial charge in [-0.3, -0.25) is 10.1 Å². The molecule has 1 fully saturated rings. The van der Waals surface area contributed by atoms with Crippen LogP contribution in [0.15, 0.2) is 0 Å². The monoisotopic (exact) mass is 226 g/mol. The first kappa shape index (κ1) is 10.3. The molecule has 0 saturated carbocycles. The number of hydrogen-bond acceptors (Lipinski definition) is 5. The summed E-state index contributed by atoms with van der Waals surface area (Å²) >= 11 is 0. The smallest absolute Gasteiger partial charge is 0.324 e. The molecule has 1 aliphatic heterocycles. The van der Waals surface area contributed by atoms with E-state index in [1.165, 1.54) is 9.70 Å². The highest BCUT2D eigenvalue weighted by atomic mass is 16.4. The molecule has 9 nitrogen and oxygen atoms in total. The molecule has 0 aromatic carbocycles. The van der Waals surface area contributed by atoms with E-state index >= 15 is 0 Å². The number of aliphatic carboxylic acids is 1. The number of nitrogens with one attached hydrogen (secondary N) is 1.